The summed E-state index contributed by atoms with van der Waals surface area (Å²) < 4.78 is 5.42. The average molecular weight is 359 g/mol. The van der Waals surface area contributed by atoms with Crippen molar-refractivity contribution in [2.45, 2.75) is 70.4 Å². The molecule has 1 aromatic heterocycles. The van der Waals surface area contributed by atoms with Gasteiger partial charge in [-0.1, -0.05) is 12.8 Å². The number of nitrogens with zero attached hydrogens (tertiary/aromatic N) is 1. The van der Waals surface area contributed by atoms with Crippen LogP contribution in [0.1, 0.15) is 76.1 Å². The summed E-state index contributed by atoms with van der Waals surface area (Å²) in [5.74, 6) is 0.499. The first-order valence-electron chi connectivity index (χ1n) is 9.56. The Morgan fingerprint density at radius 3 is 2.85 bits per heavy atom. The van der Waals surface area contributed by atoms with E-state index in [2.05, 4.69) is 15.6 Å². The highest BCUT2D eigenvalue weighted by molar-refractivity contribution is 5.82. The number of amides is 2. The van der Waals surface area contributed by atoms with E-state index in [9.17, 15) is 9.59 Å². The van der Waals surface area contributed by atoms with Gasteiger partial charge in [-0.25, -0.2) is 4.79 Å². The SMILES string of the molecule is CC(C)(C)OC(=O)N[C@H]1CCCCCNC(=O)[C@@H]2C[C@@H]2c2ccnc1c2. The zero-order chi connectivity index (χ0) is 18.7. The molecule has 26 heavy (non-hydrogen) atoms. The average Bonchev–Trinajstić information content (AvgIpc) is 3.35. The normalized spacial score (nSPS) is 26.3. The van der Waals surface area contributed by atoms with Crippen molar-refractivity contribution in [1.82, 2.24) is 15.6 Å². The molecule has 2 N–H and O–H groups in total. The fraction of sp³-hybridized carbons (Fsp3) is 0.650. The summed E-state index contributed by atoms with van der Waals surface area (Å²) in [4.78, 5) is 28.9. The fourth-order valence-electron chi connectivity index (χ4n) is 3.48. The van der Waals surface area contributed by atoms with E-state index in [-0.39, 0.29) is 23.8 Å². The van der Waals surface area contributed by atoms with Crippen molar-refractivity contribution in [3.8, 4) is 0 Å². The first-order chi connectivity index (χ1) is 12.3. The van der Waals surface area contributed by atoms with Gasteiger partial charge in [0.15, 0.2) is 0 Å². The van der Waals surface area contributed by atoms with Crippen molar-refractivity contribution in [2.24, 2.45) is 5.92 Å². The summed E-state index contributed by atoms with van der Waals surface area (Å²) in [6, 6.07) is 3.84. The fourth-order valence-corrected chi connectivity index (χ4v) is 3.48. The quantitative estimate of drug-likeness (QED) is 0.805. The predicted octanol–water partition coefficient (Wildman–Crippen LogP) is 3.44. The number of carbonyl (C=O) groups excluding carboxylic acids is 2. The second-order valence-corrected chi connectivity index (χ2v) is 8.30. The molecule has 3 rings (SSSR count). The molecule has 142 valence electrons. The van der Waals surface area contributed by atoms with Crippen molar-refractivity contribution in [3.63, 3.8) is 0 Å². The summed E-state index contributed by atoms with van der Waals surface area (Å²) in [7, 11) is 0. The monoisotopic (exact) mass is 359 g/mol. The van der Waals surface area contributed by atoms with E-state index in [4.69, 9.17) is 4.74 Å². The smallest absolute Gasteiger partial charge is 0.408 e. The van der Waals surface area contributed by atoms with Gasteiger partial charge in [0.1, 0.15) is 5.60 Å². The lowest BCUT2D eigenvalue weighted by molar-refractivity contribution is -0.122. The highest BCUT2D eigenvalue weighted by atomic mass is 16.6. The lowest BCUT2D eigenvalue weighted by atomic mass is 10.0. The lowest BCUT2D eigenvalue weighted by Gasteiger charge is -2.23. The zero-order valence-electron chi connectivity index (χ0n) is 15.9. The molecule has 1 saturated carbocycles. The van der Waals surface area contributed by atoms with E-state index in [1.165, 1.54) is 0 Å². The van der Waals surface area contributed by atoms with Crippen molar-refractivity contribution in [3.05, 3.63) is 29.6 Å². The van der Waals surface area contributed by atoms with Gasteiger partial charge in [0, 0.05) is 18.7 Å². The Morgan fingerprint density at radius 1 is 1.27 bits per heavy atom. The number of pyridine rings is 1. The van der Waals surface area contributed by atoms with E-state index >= 15 is 0 Å². The molecular formula is C20H29N3O3. The molecule has 0 unspecified atom stereocenters. The summed E-state index contributed by atoms with van der Waals surface area (Å²) >= 11 is 0. The number of hydrogen-bond donors (Lipinski definition) is 2. The summed E-state index contributed by atoms with van der Waals surface area (Å²) in [6.07, 6.45) is 5.96. The first kappa shape index (κ1) is 18.7. The van der Waals surface area contributed by atoms with Crippen LogP contribution in [-0.2, 0) is 9.53 Å². The molecular weight excluding hydrogens is 330 g/mol. The Balaban J connectivity index is 1.78. The summed E-state index contributed by atoms with van der Waals surface area (Å²) in [6.45, 7) is 6.29. The number of aromatic nitrogens is 1. The van der Waals surface area contributed by atoms with Crippen LogP contribution in [0.15, 0.2) is 18.3 Å². The largest absolute Gasteiger partial charge is 0.444 e. The predicted molar refractivity (Wildman–Crippen MR) is 98.7 cm³/mol. The van der Waals surface area contributed by atoms with Crippen LogP contribution >= 0.6 is 0 Å². The van der Waals surface area contributed by atoms with Gasteiger partial charge in [-0.15, -0.1) is 0 Å². The molecule has 0 aromatic carbocycles. The van der Waals surface area contributed by atoms with E-state index in [1.54, 1.807) is 6.20 Å². The standard InChI is InChI=1S/C20H29N3O3/c1-20(2,3)26-19(25)23-16-7-5-4-6-9-22-18(24)15-12-14(15)13-8-10-21-17(16)11-13/h8,10-11,14-16H,4-7,9,12H2,1-3H3,(H,22,24)(H,23,25)/t14-,15-,16+/m1/s1. The number of fused-ring (bicyclic) bond motifs is 4. The maximum absolute atomic E-state index is 12.3. The van der Waals surface area contributed by atoms with Gasteiger partial charge in [-0.05, 0) is 63.6 Å². The molecule has 6 heteroatoms. The van der Waals surface area contributed by atoms with Crippen LogP contribution in [0.2, 0.25) is 0 Å². The minimum atomic E-state index is -0.532. The number of rotatable bonds is 1. The van der Waals surface area contributed by atoms with Crippen LogP contribution in [0.4, 0.5) is 4.79 Å². The molecule has 0 spiro atoms. The minimum absolute atomic E-state index is 0.0725. The second kappa shape index (κ2) is 7.64. The van der Waals surface area contributed by atoms with E-state index in [1.807, 2.05) is 32.9 Å². The molecule has 1 fully saturated rings. The van der Waals surface area contributed by atoms with Crippen LogP contribution < -0.4 is 10.6 Å². The van der Waals surface area contributed by atoms with E-state index < -0.39 is 11.7 Å². The molecule has 1 aromatic rings. The number of ether oxygens (including phenoxy) is 1. The molecule has 1 aliphatic heterocycles. The van der Waals surface area contributed by atoms with Crippen LogP contribution in [0, 0.1) is 5.92 Å². The third kappa shape index (κ3) is 4.96. The molecule has 0 saturated heterocycles. The van der Waals surface area contributed by atoms with Crippen molar-refractivity contribution < 1.29 is 14.3 Å². The highest BCUT2D eigenvalue weighted by Crippen LogP contribution is 2.47. The Morgan fingerprint density at radius 2 is 2.08 bits per heavy atom. The highest BCUT2D eigenvalue weighted by Gasteiger charge is 2.44. The second-order valence-electron chi connectivity index (χ2n) is 8.30. The summed E-state index contributed by atoms with van der Waals surface area (Å²) in [5.41, 5.74) is 1.44. The third-order valence-corrected chi connectivity index (χ3v) is 4.88. The molecule has 3 atom stereocenters. The topological polar surface area (TPSA) is 80.3 Å². The van der Waals surface area contributed by atoms with E-state index in [0.29, 0.717) is 0 Å². The van der Waals surface area contributed by atoms with E-state index in [0.717, 1.165) is 49.9 Å². The number of hydrogen-bond acceptors (Lipinski definition) is 4. The van der Waals surface area contributed by atoms with Crippen molar-refractivity contribution >= 4 is 12.0 Å². The van der Waals surface area contributed by atoms with Gasteiger partial charge in [-0.3, -0.25) is 9.78 Å². The van der Waals surface area contributed by atoms with Gasteiger partial charge in [-0.2, -0.15) is 0 Å². The Kier molecular flexibility index (Phi) is 5.49. The Hall–Kier alpha value is -2.11. The van der Waals surface area contributed by atoms with Crippen molar-refractivity contribution in [2.75, 3.05) is 6.54 Å². The number of nitrogens with one attached hydrogen (secondary N) is 2. The molecule has 6 nitrogen and oxygen atoms in total. The molecule has 2 amide bonds. The van der Waals surface area contributed by atoms with Gasteiger partial charge in [0.2, 0.25) is 5.91 Å². The Bertz CT molecular complexity index is 669. The summed E-state index contributed by atoms with van der Waals surface area (Å²) in [5, 5.41) is 6.03. The maximum atomic E-state index is 12.3. The zero-order valence-corrected chi connectivity index (χ0v) is 15.9. The van der Waals surface area contributed by atoms with Gasteiger partial charge < -0.3 is 15.4 Å². The molecule has 0 radical (unpaired) electrons. The lowest BCUT2D eigenvalue weighted by Crippen LogP contribution is -2.35. The third-order valence-electron chi connectivity index (χ3n) is 4.88. The van der Waals surface area contributed by atoms with Crippen molar-refractivity contribution in [1.29, 1.82) is 0 Å². The molecule has 1 aliphatic carbocycles. The minimum Gasteiger partial charge on any atom is -0.444 e. The molecule has 2 aliphatic rings. The molecule has 2 bridgehead atoms. The first-order valence-corrected chi connectivity index (χ1v) is 9.56. The van der Waals surface area contributed by atoms with Crippen LogP contribution in [0.3, 0.4) is 0 Å². The van der Waals surface area contributed by atoms with Crippen LogP contribution in [0.25, 0.3) is 0 Å². The van der Waals surface area contributed by atoms with Crippen LogP contribution in [-0.4, -0.2) is 29.1 Å². The Labute approximate surface area is 155 Å². The molecule has 2 heterocycles. The number of carbonyl (C=O) groups is 2. The van der Waals surface area contributed by atoms with Gasteiger partial charge >= 0.3 is 6.09 Å². The van der Waals surface area contributed by atoms with Gasteiger partial charge in [0.25, 0.3) is 0 Å². The number of alkyl carbamates (subject to hydrolysis) is 1. The van der Waals surface area contributed by atoms with Gasteiger partial charge in [0.05, 0.1) is 11.7 Å². The maximum Gasteiger partial charge on any atom is 0.408 e. The van der Waals surface area contributed by atoms with Crippen LogP contribution in [0.5, 0.6) is 0 Å².